The van der Waals surface area contributed by atoms with Crippen molar-refractivity contribution in [2.24, 2.45) is 4.99 Å². The molecule has 0 bridgehead atoms. The van der Waals surface area contributed by atoms with E-state index in [2.05, 4.69) is 53.4 Å². The number of allylic oxidation sites excluding steroid dienone is 1. The van der Waals surface area contributed by atoms with E-state index < -0.39 is 0 Å². The number of nitrogens with zero attached hydrogens (tertiary/aromatic N) is 2. The topological polar surface area (TPSA) is 34.4 Å². The Morgan fingerprint density at radius 3 is 2.84 bits per heavy atom. The fraction of sp³-hybridized carbons (Fsp3) is 0.200. The van der Waals surface area contributed by atoms with Crippen LogP contribution in [0.1, 0.15) is 12.0 Å². The Labute approximate surface area is 155 Å². The van der Waals surface area contributed by atoms with E-state index in [1.165, 1.54) is 10.5 Å². The Balaban J connectivity index is 1.78. The van der Waals surface area contributed by atoms with Crippen molar-refractivity contribution in [3.8, 4) is 0 Å². The van der Waals surface area contributed by atoms with Gasteiger partial charge in [0, 0.05) is 23.6 Å². The molecule has 0 fully saturated rings. The molecule has 3 aromatic rings. The number of benzene rings is 2. The number of thiazole rings is 1. The van der Waals surface area contributed by atoms with Gasteiger partial charge in [0.1, 0.15) is 0 Å². The lowest BCUT2D eigenvalue weighted by molar-refractivity contribution is -0.117. The highest BCUT2D eigenvalue weighted by atomic mass is 32.2. The molecule has 5 heteroatoms. The van der Waals surface area contributed by atoms with Crippen LogP contribution in [0.2, 0.25) is 0 Å². The van der Waals surface area contributed by atoms with Gasteiger partial charge in [0.15, 0.2) is 4.80 Å². The maximum absolute atomic E-state index is 12.3. The average Bonchev–Trinajstić information content (AvgIpc) is 2.92. The monoisotopic (exact) mass is 368 g/mol. The number of carbonyl (C=O) groups excluding carboxylic acids is 1. The van der Waals surface area contributed by atoms with Crippen LogP contribution < -0.4 is 4.80 Å². The summed E-state index contributed by atoms with van der Waals surface area (Å²) < 4.78 is 3.20. The number of amides is 1. The predicted molar refractivity (Wildman–Crippen MR) is 107 cm³/mol. The smallest absolute Gasteiger partial charge is 0.249 e. The summed E-state index contributed by atoms with van der Waals surface area (Å²) in [5.74, 6) is 0.655. The molecule has 3 rings (SSSR count). The molecule has 0 radical (unpaired) electrons. The fourth-order valence-electron chi connectivity index (χ4n) is 2.51. The first-order valence-electron chi connectivity index (χ1n) is 8.13. The molecule has 25 heavy (non-hydrogen) atoms. The van der Waals surface area contributed by atoms with Crippen LogP contribution in [0.3, 0.4) is 0 Å². The molecule has 1 heterocycles. The molecule has 0 aliphatic heterocycles. The summed E-state index contributed by atoms with van der Waals surface area (Å²) in [4.78, 5) is 18.6. The van der Waals surface area contributed by atoms with Crippen LogP contribution in [0.15, 0.2) is 71.1 Å². The van der Waals surface area contributed by atoms with Gasteiger partial charge in [0.05, 0.1) is 10.2 Å². The van der Waals surface area contributed by atoms with Gasteiger partial charge in [-0.05, 0) is 36.8 Å². The summed E-state index contributed by atoms with van der Waals surface area (Å²) in [6.07, 6.45) is 2.27. The minimum Gasteiger partial charge on any atom is -0.313 e. The van der Waals surface area contributed by atoms with Gasteiger partial charge in [-0.25, -0.2) is 0 Å². The summed E-state index contributed by atoms with van der Waals surface area (Å²) in [6, 6.07) is 16.4. The molecule has 0 aliphatic carbocycles. The van der Waals surface area contributed by atoms with Crippen molar-refractivity contribution in [2.45, 2.75) is 24.8 Å². The van der Waals surface area contributed by atoms with Crippen LogP contribution >= 0.6 is 23.1 Å². The molecule has 0 saturated heterocycles. The summed E-state index contributed by atoms with van der Waals surface area (Å²) in [5.41, 5.74) is 2.30. The molecule has 0 atom stereocenters. The SMILES string of the molecule is C=CCn1c(=NC(=O)CCSc2ccccc2)sc2cc(C)ccc21. The van der Waals surface area contributed by atoms with Gasteiger partial charge in [-0.15, -0.1) is 18.3 Å². The van der Waals surface area contributed by atoms with Crippen molar-refractivity contribution in [3.63, 3.8) is 0 Å². The van der Waals surface area contributed by atoms with E-state index in [4.69, 9.17) is 0 Å². The highest BCUT2D eigenvalue weighted by Gasteiger charge is 2.07. The Kier molecular flexibility index (Phi) is 5.89. The van der Waals surface area contributed by atoms with E-state index in [-0.39, 0.29) is 5.91 Å². The van der Waals surface area contributed by atoms with Crippen molar-refractivity contribution in [3.05, 3.63) is 71.6 Å². The number of carbonyl (C=O) groups is 1. The second kappa shape index (κ2) is 8.32. The molecular formula is C20H20N2OS2. The van der Waals surface area contributed by atoms with Crippen molar-refractivity contribution >= 4 is 39.2 Å². The minimum absolute atomic E-state index is 0.0791. The van der Waals surface area contributed by atoms with Crippen LogP contribution in [0, 0.1) is 6.92 Å². The summed E-state index contributed by atoms with van der Waals surface area (Å²) in [6.45, 7) is 6.53. The van der Waals surface area contributed by atoms with Gasteiger partial charge in [-0.1, -0.05) is 41.7 Å². The quantitative estimate of drug-likeness (QED) is 0.462. The van der Waals surface area contributed by atoms with Crippen molar-refractivity contribution in [2.75, 3.05) is 5.75 Å². The molecule has 3 nitrogen and oxygen atoms in total. The van der Waals surface area contributed by atoms with Gasteiger partial charge in [0.25, 0.3) is 0 Å². The Hall–Kier alpha value is -2.11. The molecule has 0 aliphatic rings. The third-order valence-corrected chi connectivity index (χ3v) is 5.75. The van der Waals surface area contributed by atoms with Gasteiger partial charge >= 0.3 is 0 Å². The van der Waals surface area contributed by atoms with Crippen LogP contribution in [0.25, 0.3) is 10.2 Å². The molecular weight excluding hydrogens is 348 g/mol. The minimum atomic E-state index is -0.0791. The molecule has 0 N–H and O–H groups in total. The highest BCUT2D eigenvalue weighted by molar-refractivity contribution is 7.99. The number of fused-ring (bicyclic) bond motifs is 1. The normalized spacial score (nSPS) is 11.8. The van der Waals surface area contributed by atoms with Gasteiger partial charge in [0.2, 0.25) is 5.91 Å². The summed E-state index contributed by atoms with van der Waals surface area (Å²) in [5, 5.41) is 0. The molecule has 1 amide bonds. The van der Waals surface area contributed by atoms with Crippen LogP contribution in [0.5, 0.6) is 0 Å². The van der Waals surface area contributed by atoms with Crippen LogP contribution in [-0.4, -0.2) is 16.2 Å². The number of hydrogen-bond donors (Lipinski definition) is 0. The average molecular weight is 369 g/mol. The Morgan fingerprint density at radius 1 is 1.28 bits per heavy atom. The van der Waals surface area contributed by atoms with Crippen molar-refractivity contribution in [1.82, 2.24) is 4.57 Å². The first kappa shape index (κ1) is 17.7. The van der Waals surface area contributed by atoms with Crippen LogP contribution in [-0.2, 0) is 11.3 Å². The van der Waals surface area contributed by atoms with Crippen molar-refractivity contribution in [1.29, 1.82) is 0 Å². The fourth-order valence-corrected chi connectivity index (χ4v) is 4.52. The van der Waals surface area contributed by atoms with Gasteiger partial charge < -0.3 is 4.57 Å². The third-order valence-electron chi connectivity index (χ3n) is 3.70. The van der Waals surface area contributed by atoms with E-state index in [0.29, 0.717) is 13.0 Å². The summed E-state index contributed by atoms with van der Waals surface area (Å²) in [7, 11) is 0. The highest BCUT2D eigenvalue weighted by Crippen LogP contribution is 2.20. The second-order valence-electron chi connectivity index (χ2n) is 5.67. The largest absolute Gasteiger partial charge is 0.313 e. The zero-order valence-electron chi connectivity index (χ0n) is 14.1. The van der Waals surface area contributed by atoms with Gasteiger partial charge in [-0.2, -0.15) is 4.99 Å². The Bertz CT molecular complexity index is 955. The predicted octanol–water partition coefficient (Wildman–Crippen LogP) is 4.81. The number of aryl methyl sites for hydroxylation is 1. The molecule has 0 saturated carbocycles. The van der Waals surface area contributed by atoms with Crippen molar-refractivity contribution < 1.29 is 4.79 Å². The number of thioether (sulfide) groups is 1. The van der Waals surface area contributed by atoms with E-state index in [1.54, 1.807) is 23.1 Å². The molecule has 1 aromatic heterocycles. The number of rotatable bonds is 6. The van der Waals surface area contributed by atoms with E-state index in [1.807, 2.05) is 24.3 Å². The molecule has 2 aromatic carbocycles. The first-order chi connectivity index (χ1) is 12.2. The molecule has 128 valence electrons. The lowest BCUT2D eigenvalue weighted by atomic mass is 10.2. The second-order valence-corrected chi connectivity index (χ2v) is 7.85. The van der Waals surface area contributed by atoms with Gasteiger partial charge in [-0.3, -0.25) is 4.79 Å². The molecule has 0 spiro atoms. The lowest BCUT2D eigenvalue weighted by Gasteiger charge is -2.01. The maximum Gasteiger partial charge on any atom is 0.249 e. The van der Waals surface area contributed by atoms with E-state index in [9.17, 15) is 4.79 Å². The number of aromatic nitrogens is 1. The lowest BCUT2D eigenvalue weighted by Crippen LogP contribution is -2.16. The first-order valence-corrected chi connectivity index (χ1v) is 9.94. The molecule has 0 unspecified atom stereocenters. The van der Waals surface area contributed by atoms with Crippen LogP contribution in [0.4, 0.5) is 0 Å². The standard InChI is InChI=1S/C20H20N2OS2/c1-3-12-22-17-10-9-15(2)14-18(17)25-20(22)21-19(23)11-13-24-16-7-5-4-6-8-16/h3-10,14H,1,11-13H2,2H3. The zero-order chi connectivity index (χ0) is 17.6. The van der Waals surface area contributed by atoms with E-state index in [0.717, 1.165) is 20.8 Å². The number of hydrogen-bond acceptors (Lipinski definition) is 3. The summed E-state index contributed by atoms with van der Waals surface area (Å²) >= 11 is 3.24. The third kappa shape index (κ3) is 4.50. The zero-order valence-corrected chi connectivity index (χ0v) is 15.8. The van der Waals surface area contributed by atoms with E-state index >= 15 is 0 Å². The maximum atomic E-state index is 12.3. The Morgan fingerprint density at radius 2 is 2.08 bits per heavy atom.